The highest BCUT2D eigenvalue weighted by Crippen LogP contribution is 2.50. The van der Waals surface area contributed by atoms with Crippen LogP contribution in [0.5, 0.6) is 0 Å². The lowest BCUT2D eigenvalue weighted by Gasteiger charge is -2.30. The predicted molar refractivity (Wildman–Crippen MR) is 67.9 cm³/mol. The highest BCUT2D eigenvalue weighted by molar-refractivity contribution is 7.80. The van der Waals surface area contributed by atoms with E-state index in [9.17, 15) is 0 Å². The largest absolute Gasteiger partial charge is 0.179 e. The van der Waals surface area contributed by atoms with E-state index >= 15 is 0 Å². The number of thiol groups is 1. The Morgan fingerprint density at radius 3 is 2.14 bits per heavy atom. The minimum atomic E-state index is 0.793. The molecule has 0 aliphatic heterocycles. The summed E-state index contributed by atoms with van der Waals surface area (Å²) in [6, 6.07) is 0. The van der Waals surface area contributed by atoms with Crippen LogP contribution in [0.25, 0.3) is 0 Å². The zero-order chi connectivity index (χ0) is 10.7. The van der Waals surface area contributed by atoms with Crippen LogP contribution in [0.2, 0.25) is 0 Å². The molecular formula is C13H26S. The summed E-state index contributed by atoms with van der Waals surface area (Å²) in [5.74, 6) is 5.76. The molecule has 1 rings (SSSR count). The van der Waals surface area contributed by atoms with E-state index in [1.165, 1.54) is 19.3 Å². The van der Waals surface area contributed by atoms with Crippen LogP contribution in [0.4, 0.5) is 0 Å². The first-order valence-electron chi connectivity index (χ1n) is 6.26. The molecular weight excluding hydrogens is 188 g/mol. The van der Waals surface area contributed by atoms with Gasteiger partial charge in [-0.1, -0.05) is 40.5 Å². The molecule has 0 aromatic carbocycles. The maximum Gasteiger partial charge on any atom is -0.00694 e. The lowest BCUT2D eigenvalue weighted by atomic mass is 9.77. The van der Waals surface area contributed by atoms with Crippen molar-refractivity contribution < 1.29 is 0 Å². The van der Waals surface area contributed by atoms with E-state index in [2.05, 4.69) is 40.3 Å². The fraction of sp³-hybridized carbons (Fsp3) is 1.00. The highest BCUT2D eigenvalue weighted by atomic mass is 32.1. The SMILES string of the molecule is CCC(C(C)CS)C(CC)C1CC1C. The van der Waals surface area contributed by atoms with E-state index in [-0.39, 0.29) is 0 Å². The molecule has 1 heteroatoms. The average Bonchev–Trinajstić information content (AvgIpc) is 2.90. The van der Waals surface area contributed by atoms with Crippen LogP contribution in [-0.4, -0.2) is 5.75 Å². The molecule has 0 N–H and O–H groups in total. The Kier molecular flexibility index (Phi) is 4.82. The Balaban J connectivity index is 2.55. The molecule has 0 aromatic rings. The summed E-state index contributed by atoms with van der Waals surface area (Å²) in [6.07, 6.45) is 4.18. The maximum atomic E-state index is 4.45. The molecule has 0 amide bonds. The van der Waals surface area contributed by atoms with E-state index < -0.39 is 0 Å². The number of hydrogen-bond acceptors (Lipinski definition) is 1. The molecule has 1 saturated carbocycles. The molecule has 0 aromatic heterocycles. The molecule has 0 heterocycles. The molecule has 1 aliphatic carbocycles. The Labute approximate surface area is 95.3 Å². The summed E-state index contributed by atoms with van der Waals surface area (Å²) in [5, 5.41) is 0. The number of hydrogen-bond donors (Lipinski definition) is 1. The Morgan fingerprint density at radius 1 is 1.29 bits per heavy atom. The van der Waals surface area contributed by atoms with Gasteiger partial charge in [0.25, 0.3) is 0 Å². The van der Waals surface area contributed by atoms with Crippen LogP contribution in [0.3, 0.4) is 0 Å². The van der Waals surface area contributed by atoms with E-state index in [0.717, 1.165) is 35.3 Å². The van der Waals surface area contributed by atoms with Gasteiger partial charge in [0.1, 0.15) is 0 Å². The molecule has 0 radical (unpaired) electrons. The van der Waals surface area contributed by atoms with Crippen LogP contribution in [-0.2, 0) is 0 Å². The summed E-state index contributed by atoms with van der Waals surface area (Å²) in [6.45, 7) is 9.49. The van der Waals surface area contributed by atoms with Gasteiger partial charge in [-0.3, -0.25) is 0 Å². The fourth-order valence-electron chi connectivity index (χ4n) is 3.13. The van der Waals surface area contributed by atoms with Gasteiger partial charge in [-0.05, 0) is 41.8 Å². The quantitative estimate of drug-likeness (QED) is 0.628. The third-order valence-corrected chi connectivity index (χ3v) is 4.81. The van der Waals surface area contributed by atoms with Gasteiger partial charge in [-0.2, -0.15) is 12.6 Å². The average molecular weight is 214 g/mol. The van der Waals surface area contributed by atoms with Crippen LogP contribution in [0.15, 0.2) is 0 Å². The van der Waals surface area contributed by atoms with E-state index in [0.29, 0.717) is 0 Å². The van der Waals surface area contributed by atoms with Gasteiger partial charge in [0, 0.05) is 0 Å². The van der Waals surface area contributed by atoms with Gasteiger partial charge < -0.3 is 0 Å². The van der Waals surface area contributed by atoms with Crippen LogP contribution in [0, 0.1) is 29.6 Å². The molecule has 84 valence electrons. The summed E-state index contributed by atoms with van der Waals surface area (Å²) in [7, 11) is 0. The second-order valence-electron chi connectivity index (χ2n) is 5.18. The summed E-state index contributed by atoms with van der Waals surface area (Å²) < 4.78 is 0. The Bertz CT molecular complexity index is 157. The first kappa shape index (κ1) is 12.4. The molecule has 1 fully saturated rings. The van der Waals surface area contributed by atoms with Gasteiger partial charge in [0.2, 0.25) is 0 Å². The Hall–Kier alpha value is 0.350. The van der Waals surface area contributed by atoms with Crippen molar-refractivity contribution in [2.75, 3.05) is 5.75 Å². The molecule has 14 heavy (non-hydrogen) atoms. The first-order chi connectivity index (χ1) is 6.65. The van der Waals surface area contributed by atoms with Crippen molar-refractivity contribution in [1.29, 1.82) is 0 Å². The molecule has 0 nitrogen and oxygen atoms in total. The summed E-state index contributed by atoms with van der Waals surface area (Å²) in [5.41, 5.74) is 0. The van der Waals surface area contributed by atoms with Crippen LogP contribution < -0.4 is 0 Å². The van der Waals surface area contributed by atoms with Gasteiger partial charge >= 0.3 is 0 Å². The van der Waals surface area contributed by atoms with Crippen molar-refractivity contribution in [1.82, 2.24) is 0 Å². The van der Waals surface area contributed by atoms with Crippen molar-refractivity contribution in [3.8, 4) is 0 Å². The second-order valence-corrected chi connectivity index (χ2v) is 5.55. The molecule has 0 spiro atoms. The summed E-state index contributed by atoms with van der Waals surface area (Å²) >= 11 is 4.45. The molecule has 5 atom stereocenters. The molecule has 0 saturated heterocycles. The minimum Gasteiger partial charge on any atom is -0.179 e. The van der Waals surface area contributed by atoms with E-state index in [1.54, 1.807) is 0 Å². The van der Waals surface area contributed by atoms with Crippen molar-refractivity contribution in [2.24, 2.45) is 29.6 Å². The first-order valence-corrected chi connectivity index (χ1v) is 6.89. The third kappa shape index (κ3) is 2.68. The van der Waals surface area contributed by atoms with Gasteiger partial charge in [0.05, 0.1) is 0 Å². The fourth-order valence-corrected chi connectivity index (χ4v) is 3.40. The van der Waals surface area contributed by atoms with Gasteiger partial charge in [-0.25, -0.2) is 0 Å². The van der Waals surface area contributed by atoms with Crippen LogP contribution >= 0.6 is 12.6 Å². The zero-order valence-electron chi connectivity index (χ0n) is 10.2. The topological polar surface area (TPSA) is 0 Å². The standard InChI is InChI=1S/C13H26S/c1-5-11(10(4)8-14)12(6-2)13-7-9(13)3/h9-14H,5-8H2,1-4H3. The molecule has 1 aliphatic rings. The van der Waals surface area contributed by atoms with Crippen molar-refractivity contribution in [3.05, 3.63) is 0 Å². The van der Waals surface area contributed by atoms with E-state index in [4.69, 9.17) is 0 Å². The second kappa shape index (κ2) is 5.44. The summed E-state index contributed by atoms with van der Waals surface area (Å²) in [4.78, 5) is 0. The van der Waals surface area contributed by atoms with Crippen molar-refractivity contribution in [3.63, 3.8) is 0 Å². The predicted octanol–water partition coefficient (Wildman–Crippen LogP) is 4.26. The van der Waals surface area contributed by atoms with Crippen molar-refractivity contribution >= 4 is 12.6 Å². The monoisotopic (exact) mass is 214 g/mol. The lowest BCUT2D eigenvalue weighted by molar-refractivity contribution is 0.210. The van der Waals surface area contributed by atoms with Crippen molar-refractivity contribution in [2.45, 2.75) is 47.0 Å². The third-order valence-electron chi connectivity index (χ3n) is 4.23. The van der Waals surface area contributed by atoms with E-state index in [1.807, 2.05) is 0 Å². The smallest absolute Gasteiger partial charge is 0.00694 e. The van der Waals surface area contributed by atoms with Gasteiger partial charge in [0.15, 0.2) is 0 Å². The lowest BCUT2D eigenvalue weighted by Crippen LogP contribution is -2.24. The Morgan fingerprint density at radius 2 is 1.86 bits per heavy atom. The minimum absolute atomic E-state index is 0.793. The molecule has 0 bridgehead atoms. The van der Waals surface area contributed by atoms with Crippen LogP contribution in [0.1, 0.15) is 47.0 Å². The highest BCUT2D eigenvalue weighted by Gasteiger charge is 2.42. The maximum absolute atomic E-state index is 4.45. The number of rotatable bonds is 6. The molecule has 5 unspecified atom stereocenters. The zero-order valence-corrected chi connectivity index (χ0v) is 11.1. The normalized spacial score (nSPS) is 32.4. The van der Waals surface area contributed by atoms with Gasteiger partial charge in [-0.15, -0.1) is 0 Å².